The van der Waals surface area contributed by atoms with Gasteiger partial charge in [-0.2, -0.15) is 0 Å². The number of phosphoric ester groups is 5. The second-order valence-corrected chi connectivity index (χ2v) is 12.5. The SMILES string of the molecule is CC(=O)NC1[C@@H](OP(=O)(O)O)[C@H](OP(=O)(O)O)C(OP(=O)(O)O)[C@H](OP(=O)(O)O)[C@@H]1OP(=O)(O)O. The minimum Gasteiger partial charge on any atom is -0.348 e. The molecule has 0 bridgehead atoms. The van der Waals surface area contributed by atoms with Crippen LogP contribution in [0.3, 0.4) is 0 Å². The van der Waals surface area contributed by atoms with Crippen molar-refractivity contribution in [2.24, 2.45) is 0 Å². The minimum atomic E-state index is -5.89. The van der Waals surface area contributed by atoms with Gasteiger partial charge in [-0.3, -0.25) is 27.4 Å². The average molecular weight is 621 g/mol. The van der Waals surface area contributed by atoms with Crippen LogP contribution in [0, 0.1) is 0 Å². The van der Waals surface area contributed by atoms with Crippen molar-refractivity contribution in [2.75, 3.05) is 0 Å². The lowest BCUT2D eigenvalue weighted by Gasteiger charge is -2.48. The quantitative estimate of drug-likeness (QED) is 0.102. The van der Waals surface area contributed by atoms with E-state index in [9.17, 15) is 76.6 Å². The van der Waals surface area contributed by atoms with Crippen molar-refractivity contribution in [1.29, 1.82) is 0 Å². The van der Waals surface area contributed by atoms with Gasteiger partial charge >= 0.3 is 39.1 Å². The van der Waals surface area contributed by atoms with E-state index in [1.807, 2.05) is 0 Å². The van der Waals surface area contributed by atoms with Crippen LogP contribution >= 0.6 is 39.1 Å². The Kier molecular flexibility index (Phi) is 10.8. The summed E-state index contributed by atoms with van der Waals surface area (Å²) in [5, 5.41) is 1.75. The zero-order chi connectivity index (χ0) is 27.8. The molecule has 0 heterocycles. The Morgan fingerprint density at radius 1 is 0.514 bits per heavy atom. The van der Waals surface area contributed by atoms with Crippen LogP contribution in [0.1, 0.15) is 6.92 Å². The molecule has 1 saturated carbocycles. The van der Waals surface area contributed by atoms with Gasteiger partial charge in [-0.1, -0.05) is 0 Å². The zero-order valence-corrected chi connectivity index (χ0v) is 21.1. The molecule has 22 nitrogen and oxygen atoms in total. The van der Waals surface area contributed by atoms with Crippen molar-refractivity contribution < 1.29 is 99.2 Å². The third-order valence-electron chi connectivity index (χ3n) is 3.67. The number of hydrogen-bond donors (Lipinski definition) is 11. The van der Waals surface area contributed by atoms with Crippen LogP contribution in [-0.2, 0) is 50.2 Å². The highest BCUT2D eigenvalue weighted by Gasteiger charge is 2.61. The lowest BCUT2D eigenvalue weighted by molar-refractivity contribution is -0.174. The lowest BCUT2D eigenvalue weighted by atomic mass is 9.83. The molecule has 1 amide bonds. The summed E-state index contributed by atoms with van der Waals surface area (Å²) in [4.78, 5) is 104. The minimum absolute atomic E-state index is 0.693. The van der Waals surface area contributed by atoms with Crippen LogP contribution in [-0.4, -0.2) is 91.4 Å². The van der Waals surface area contributed by atoms with Gasteiger partial charge in [0.25, 0.3) is 0 Å². The van der Waals surface area contributed by atoms with Gasteiger partial charge in [0, 0.05) is 6.92 Å². The van der Waals surface area contributed by atoms with Crippen molar-refractivity contribution in [2.45, 2.75) is 43.5 Å². The van der Waals surface area contributed by atoms with Crippen molar-refractivity contribution in [3.63, 3.8) is 0 Å². The molecule has 0 radical (unpaired) electrons. The van der Waals surface area contributed by atoms with E-state index in [0.29, 0.717) is 6.92 Å². The summed E-state index contributed by atoms with van der Waals surface area (Å²) in [6, 6.07) is -2.45. The normalized spacial score (nSPS) is 29.1. The molecule has 11 N–H and O–H groups in total. The molecule has 0 aromatic heterocycles. The highest BCUT2D eigenvalue weighted by atomic mass is 31.2. The van der Waals surface area contributed by atoms with E-state index in [-0.39, 0.29) is 0 Å². The maximum atomic E-state index is 11.7. The van der Waals surface area contributed by atoms with E-state index in [4.69, 9.17) is 0 Å². The fourth-order valence-electron chi connectivity index (χ4n) is 2.96. The molecule has 0 saturated heterocycles. The third-order valence-corrected chi connectivity index (χ3v) is 6.26. The molecular weight excluding hydrogens is 601 g/mol. The third kappa shape index (κ3) is 12.4. The summed E-state index contributed by atoms with van der Waals surface area (Å²) in [5.74, 6) is -1.21. The Bertz CT molecular complexity index is 939. The number of carbonyl (C=O) groups excluding carboxylic acids is 1. The van der Waals surface area contributed by atoms with E-state index in [1.54, 1.807) is 5.32 Å². The van der Waals surface area contributed by atoms with Crippen molar-refractivity contribution in [3.05, 3.63) is 0 Å². The largest absolute Gasteiger partial charge is 0.470 e. The fraction of sp³-hybridized carbons (Fsp3) is 0.875. The highest BCUT2D eigenvalue weighted by Crippen LogP contribution is 2.54. The van der Waals surface area contributed by atoms with Crippen LogP contribution in [0.25, 0.3) is 0 Å². The standard InChI is InChI=1S/C8H20NO21P5/c1-2(10)9-3-4(26-31(11,12)13)6(28-33(17,18)19)8(30-35(23,24)25)7(29-34(20,21)22)5(3)27-32(14,15)16/h3-8H,1H3,(H,9,10)(H2,11,12,13)(H2,14,15,16)(H2,17,18,19)(H2,20,21,22)(H2,23,24,25)/t3?,4-,5-,6-,7+,8?/m1/s1. The van der Waals surface area contributed by atoms with E-state index in [0.717, 1.165) is 0 Å². The number of amides is 1. The zero-order valence-electron chi connectivity index (χ0n) is 16.7. The van der Waals surface area contributed by atoms with Crippen LogP contribution in [0.5, 0.6) is 0 Å². The molecule has 2 unspecified atom stereocenters. The van der Waals surface area contributed by atoms with Gasteiger partial charge in [-0.05, 0) is 0 Å². The van der Waals surface area contributed by atoms with Gasteiger partial charge in [-0.15, -0.1) is 0 Å². The number of nitrogens with one attached hydrogen (secondary N) is 1. The van der Waals surface area contributed by atoms with Crippen LogP contribution < -0.4 is 5.32 Å². The number of hydrogen-bond acceptors (Lipinski definition) is 11. The Labute approximate surface area is 193 Å². The van der Waals surface area contributed by atoms with Gasteiger partial charge in [0.05, 0.1) is 6.04 Å². The fourth-order valence-corrected chi connectivity index (χ4v) is 5.77. The molecule has 0 aliphatic heterocycles. The number of carbonyl (C=O) groups is 1. The molecule has 1 aliphatic rings. The predicted molar refractivity (Wildman–Crippen MR) is 102 cm³/mol. The maximum absolute atomic E-state index is 11.7. The van der Waals surface area contributed by atoms with E-state index < -0.39 is 81.6 Å². The monoisotopic (exact) mass is 621 g/mol. The smallest absolute Gasteiger partial charge is 0.348 e. The highest BCUT2D eigenvalue weighted by molar-refractivity contribution is 7.47. The Morgan fingerprint density at radius 3 is 0.914 bits per heavy atom. The first-order valence-electron chi connectivity index (χ1n) is 8.25. The molecule has 35 heavy (non-hydrogen) atoms. The molecule has 0 aromatic rings. The van der Waals surface area contributed by atoms with Gasteiger partial charge in [0.2, 0.25) is 5.91 Å². The van der Waals surface area contributed by atoms with E-state index in [1.165, 1.54) is 0 Å². The first-order chi connectivity index (χ1) is 15.3. The molecular formula is C8H20NO21P5. The number of phosphoric acid groups is 5. The molecule has 27 heteroatoms. The summed E-state index contributed by atoms with van der Waals surface area (Å²) in [6.07, 6.45) is -14.2. The first kappa shape index (κ1) is 33.0. The summed E-state index contributed by atoms with van der Waals surface area (Å²) in [5.41, 5.74) is 0. The van der Waals surface area contributed by atoms with Gasteiger partial charge in [0.1, 0.15) is 30.5 Å². The topological polar surface area (TPSA) is 363 Å². The van der Waals surface area contributed by atoms with Crippen LogP contribution in [0.15, 0.2) is 0 Å². The van der Waals surface area contributed by atoms with Crippen LogP contribution in [0.4, 0.5) is 0 Å². The Hall–Kier alpha value is 0.0200. The molecule has 1 rings (SSSR count). The summed E-state index contributed by atoms with van der Waals surface area (Å²) in [6.45, 7) is 0.693. The second kappa shape index (κ2) is 11.4. The first-order valence-corrected chi connectivity index (χ1v) is 15.9. The molecule has 0 spiro atoms. The number of rotatable bonds is 11. The lowest BCUT2D eigenvalue weighted by Crippen LogP contribution is -2.70. The van der Waals surface area contributed by atoms with Crippen molar-refractivity contribution in [1.82, 2.24) is 5.32 Å². The summed E-state index contributed by atoms with van der Waals surface area (Å²) in [7, 11) is -29.2. The van der Waals surface area contributed by atoms with Gasteiger partial charge in [0.15, 0.2) is 0 Å². The van der Waals surface area contributed by atoms with Crippen LogP contribution in [0.2, 0.25) is 0 Å². The molecule has 6 atom stereocenters. The summed E-state index contributed by atoms with van der Waals surface area (Å²) < 4.78 is 78.7. The predicted octanol–water partition coefficient (Wildman–Crippen LogP) is -3.11. The van der Waals surface area contributed by atoms with Crippen molar-refractivity contribution in [3.8, 4) is 0 Å². The van der Waals surface area contributed by atoms with Gasteiger partial charge in [-0.25, -0.2) is 22.8 Å². The van der Waals surface area contributed by atoms with Gasteiger partial charge < -0.3 is 54.3 Å². The maximum Gasteiger partial charge on any atom is 0.470 e. The molecule has 1 aliphatic carbocycles. The Morgan fingerprint density at radius 2 is 0.714 bits per heavy atom. The molecule has 208 valence electrons. The molecule has 1 fully saturated rings. The molecule has 0 aromatic carbocycles. The van der Waals surface area contributed by atoms with E-state index >= 15 is 0 Å². The van der Waals surface area contributed by atoms with Crippen molar-refractivity contribution >= 4 is 45.0 Å². The van der Waals surface area contributed by atoms with E-state index in [2.05, 4.69) is 22.6 Å². The summed E-state index contributed by atoms with van der Waals surface area (Å²) >= 11 is 0. The average Bonchev–Trinajstić information content (AvgIpc) is 2.51. The Balaban J connectivity index is 3.98. The second-order valence-electron chi connectivity index (χ2n) is 6.53.